The van der Waals surface area contributed by atoms with Crippen molar-refractivity contribution in [2.75, 3.05) is 26.6 Å². The Morgan fingerprint density at radius 2 is 1.62 bits per heavy atom. The lowest BCUT2D eigenvalue weighted by Crippen LogP contribution is -2.34. The Kier molecular flexibility index (Phi) is 6.02. The van der Waals surface area contributed by atoms with Crippen LogP contribution < -0.4 is 5.32 Å². The fourth-order valence-corrected chi connectivity index (χ4v) is 3.63. The Bertz CT molecular complexity index is 1040. The molecule has 0 bridgehead atoms. The molecule has 1 amide bonds. The lowest BCUT2D eigenvalue weighted by molar-refractivity contribution is -0.131. The van der Waals surface area contributed by atoms with Crippen LogP contribution in [0.4, 0.5) is 0 Å². The molecule has 3 aromatic carbocycles. The van der Waals surface area contributed by atoms with Gasteiger partial charge in [-0.1, -0.05) is 48.5 Å². The third-order valence-corrected chi connectivity index (χ3v) is 5.17. The maximum atomic E-state index is 12.2. The number of benzene rings is 3. The largest absolute Gasteiger partial charge is 0.344 e. The predicted octanol–water partition coefficient (Wildman–Crippen LogP) is 4.34. The molecule has 0 aromatic heterocycles. The van der Waals surface area contributed by atoms with Gasteiger partial charge in [-0.05, 0) is 59.5 Å². The monoisotopic (exact) mass is 393 g/mol. The van der Waals surface area contributed by atoms with Crippen LogP contribution in [-0.2, 0) is 16.0 Å². The van der Waals surface area contributed by atoms with Crippen LogP contribution in [0.15, 0.2) is 54.6 Å². The van der Waals surface area contributed by atoms with Crippen LogP contribution in [-0.4, -0.2) is 43.2 Å². The number of hydrogen-bond acceptors (Lipinski definition) is 3. The number of carbonyl (C=O) groups excluding carboxylic acids is 2. The molecule has 1 N–H and O–H groups in total. The van der Waals surface area contributed by atoms with Crippen LogP contribution in [0, 0.1) is 0 Å². The predicted molar refractivity (Wildman–Crippen MR) is 120 cm³/mol. The highest BCUT2D eigenvalue weighted by Gasteiger charge is 2.09. The fourth-order valence-electron chi connectivity index (χ4n) is 3.63. The summed E-state index contributed by atoms with van der Waals surface area (Å²) in [6.07, 6.45) is 1.79. The standard InChI is InChI=1S/C25H30N2O2/c1-19(28)13-14-25(29)27(2)17-16-26-15-7-12-24-22-10-5-3-8-20(22)18-21-9-4-6-11-23(21)24/h3-6,8-11,18,26H,7,12-17H2,1-2H3/i2D3. The Balaban J connectivity index is 1.56. The normalized spacial score (nSPS) is 13.1. The number of aryl methyl sites for hydroxylation is 1. The quantitative estimate of drug-likeness (QED) is 0.412. The molecule has 152 valence electrons. The SMILES string of the molecule is [2H]C([2H])([2H])N(CCNCCCc1c2ccccc2cc2ccccc12)C(=O)CCC(C)=O. The average Bonchev–Trinajstić information content (AvgIpc) is 2.75. The van der Waals surface area contributed by atoms with Crippen molar-refractivity contribution in [2.24, 2.45) is 0 Å². The van der Waals surface area contributed by atoms with Gasteiger partial charge in [-0.3, -0.25) is 4.79 Å². The summed E-state index contributed by atoms with van der Waals surface area (Å²) >= 11 is 0. The van der Waals surface area contributed by atoms with Crippen molar-refractivity contribution in [3.05, 3.63) is 60.2 Å². The van der Waals surface area contributed by atoms with E-state index in [1.807, 2.05) is 0 Å². The average molecular weight is 394 g/mol. The summed E-state index contributed by atoms with van der Waals surface area (Å²) in [6, 6.07) is 19.0. The molecule has 0 fully saturated rings. The molecule has 0 aliphatic heterocycles. The molecule has 3 aromatic rings. The summed E-state index contributed by atoms with van der Waals surface area (Å²) in [4.78, 5) is 24.2. The van der Waals surface area contributed by atoms with Crippen LogP contribution in [0.1, 0.15) is 35.9 Å². The van der Waals surface area contributed by atoms with Gasteiger partial charge in [0, 0.05) is 37.0 Å². The zero-order valence-corrected chi connectivity index (χ0v) is 16.9. The molecular weight excluding hydrogens is 360 g/mol. The fraction of sp³-hybridized carbons (Fsp3) is 0.360. The van der Waals surface area contributed by atoms with Crippen molar-refractivity contribution >= 4 is 33.2 Å². The molecule has 29 heavy (non-hydrogen) atoms. The van der Waals surface area contributed by atoms with E-state index in [1.165, 1.54) is 34.0 Å². The molecule has 0 spiro atoms. The zero-order valence-electron chi connectivity index (χ0n) is 19.9. The number of likely N-dealkylation sites (N-methyl/N-ethyl adjacent to an activating group) is 1. The molecule has 0 radical (unpaired) electrons. The van der Waals surface area contributed by atoms with E-state index in [-0.39, 0.29) is 25.2 Å². The minimum Gasteiger partial charge on any atom is -0.344 e. The second-order valence-corrected chi connectivity index (χ2v) is 7.40. The number of Topliss-reactive ketones (excluding diaryl/α,β-unsaturated/α-hetero) is 1. The molecule has 4 heteroatoms. The van der Waals surface area contributed by atoms with Crippen LogP contribution in [0.3, 0.4) is 0 Å². The van der Waals surface area contributed by atoms with Gasteiger partial charge < -0.3 is 15.0 Å². The minimum absolute atomic E-state index is 0.0673. The van der Waals surface area contributed by atoms with Crippen molar-refractivity contribution in [1.29, 1.82) is 0 Å². The van der Waals surface area contributed by atoms with Gasteiger partial charge in [0.2, 0.25) is 5.91 Å². The first-order valence-corrected chi connectivity index (χ1v) is 10.2. The van der Waals surface area contributed by atoms with E-state index in [4.69, 9.17) is 4.11 Å². The summed E-state index contributed by atoms with van der Waals surface area (Å²) in [5.41, 5.74) is 1.32. The first-order chi connectivity index (χ1) is 15.3. The van der Waals surface area contributed by atoms with Crippen molar-refractivity contribution in [1.82, 2.24) is 10.2 Å². The number of ketones is 1. The molecular formula is C25H30N2O2. The van der Waals surface area contributed by atoms with Crippen molar-refractivity contribution in [3.63, 3.8) is 0 Å². The molecule has 0 saturated carbocycles. The molecule has 4 nitrogen and oxygen atoms in total. The topological polar surface area (TPSA) is 49.4 Å². The Labute approximate surface area is 177 Å². The molecule has 0 aliphatic carbocycles. The van der Waals surface area contributed by atoms with Crippen LogP contribution in [0.5, 0.6) is 0 Å². The zero-order chi connectivity index (χ0) is 23.1. The van der Waals surface area contributed by atoms with Crippen LogP contribution >= 0.6 is 0 Å². The van der Waals surface area contributed by atoms with Gasteiger partial charge in [-0.2, -0.15) is 0 Å². The number of amides is 1. The number of carbonyl (C=O) groups is 2. The van der Waals surface area contributed by atoms with Gasteiger partial charge in [-0.15, -0.1) is 0 Å². The molecule has 0 heterocycles. The summed E-state index contributed by atoms with van der Waals surface area (Å²) in [6.45, 7) is 0.0873. The van der Waals surface area contributed by atoms with Gasteiger partial charge in [0.25, 0.3) is 0 Å². The third-order valence-electron chi connectivity index (χ3n) is 5.17. The molecule has 3 rings (SSSR count). The summed E-state index contributed by atoms with van der Waals surface area (Å²) in [5, 5.41) is 8.24. The number of nitrogens with one attached hydrogen (secondary N) is 1. The van der Waals surface area contributed by atoms with E-state index in [9.17, 15) is 9.59 Å². The Hall–Kier alpha value is -2.72. The van der Waals surface area contributed by atoms with E-state index in [0.717, 1.165) is 17.7 Å². The van der Waals surface area contributed by atoms with E-state index in [2.05, 4.69) is 59.9 Å². The first kappa shape index (κ1) is 17.2. The Morgan fingerprint density at radius 1 is 0.966 bits per heavy atom. The van der Waals surface area contributed by atoms with E-state index >= 15 is 0 Å². The highest BCUT2D eigenvalue weighted by atomic mass is 16.2. The molecule has 0 atom stereocenters. The highest BCUT2D eigenvalue weighted by molar-refractivity contribution is 6.02. The number of nitrogens with zero attached hydrogens (tertiary/aromatic N) is 1. The van der Waals surface area contributed by atoms with Gasteiger partial charge in [-0.25, -0.2) is 0 Å². The van der Waals surface area contributed by atoms with Crippen molar-refractivity contribution in [3.8, 4) is 0 Å². The maximum Gasteiger partial charge on any atom is 0.222 e. The minimum atomic E-state index is -2.50. The van der Waals surface area contributed by atoms with E-state index in [1.54, 1.807) is 0 Å². The maximum absolute atomic E-state index is 12.2. The smallest absolute Gasteiger partial charge is 0.222 e. The Morgan fingerprint density at radius 3 is 2.24 bits per heavy atom. The van der Waals surface area contributed by atoms with Gasteiger partial charge in [0.15, 0.2) is 0 Å². The summed E-state index contributed by atoms with van der Waals surface area (Å²) in [7, 11) is 0. The lowest BCUT2D eigenvalue weighted by Gasteiger charge is -2.17. The van der Waals surface area contributed by atoms with E-state index in [0.29, 0.717) is 13.1 Å². The number of fused-ring (bicyclic) bond motifs is 2. The second-order valence-electron chi connectivity index (χ2n) is 7.40. The third kappa shape index (κ3) is 5.64. The van der Waals surface area contributed by atoms with Crippen LogP contribution in [0.25, 0.3) is 21.5 Å². The second kappa shape index (κ2) is 10.2. The highest BCUT2D eigenvalue weighted by Crippen LogP contribution is 2.29. The lowest BCUT2D eigenvalue weighted by atomic mass is 9.94. The van der Waals surface area contributed by atoms with Crippen LogP contribution in [0.2, 0.25) is 0 Å². The summed E-state index contributed by atoms with van der Waals surface area (Å²) in [5.74, 6) is -0.632. The molecule has 0 unspecified atom stereocenters. The van der Waals surface area contributed by atoms with E-state index < -0.39 is 12.9 Å². The van der Waals surface area contributed by atoms with Gasteiger partial charge in [0.1, 0.15) is 5.78 Å². The first-order valence-electron chi connectivity index (χ1n) is 11.7. The van der Waals surface area contributed by atoms with Crippen molar-refractivity contribution < 1.29 is 13.7 Å². The number of hydrogen-bond donors (Lipinski definition) is 1. The molecule has 0 saturated heterocycles. The number of rotatable bonds is 10. The summed E-state index contributed by atoms with van der Waals surface area (Å²) < 4.78 is 22.8. The van der Waals surface area contributed by atoms with Gasteiger partial charge >= 0.3 is 0 Å². The van der Waals surface area contributed by atoms with Crippen molar-refractivity contribution in [2.45, 2.75) is 32.6 Å². The van der Waals surface area contributed by atoms with Gasteiger partial charge in [0.05, 0.1) is 0 Å². The molecule has 0 aliphatic rings.